The summed E-state index contributed by atoms with van der Waals surface area (Å²) in [6, 6.07) is 11.8. The van der Waals surface area contributed by atoms with Gasteiger partial charge in [-0.25, -0.2) is 0 Å². The SMILES string of the molecule is Cc1ccccc1-c1cc(O)c2c(c1)CN(C(=O)CCCCCN)CCO2. The van der Waals surface area contributed by atoms with Gasteiger partial charge >= 0.3 is 0 Å². The number of carbonyl (C=O) groups excluding carboxylic acids is 1. The lowest BCUT2D eigenvalue weighted by Crippen LogP contribution is -2.32. The van der Waals surface area contributed by atoms with Crippen molar-refractivity contribution in [2.75, 3.05) is 19.7 Å². The van der Waals surface area contributed by atoms with Gasteiger partial charge in [-0.3, -0.25) is 4.79 Å². The fourth-order valence-corrected chi connectivity index (χ4v) is 3.52. The van der Waals surface area contributed by atoms with E-state index in [2.05, 4.69) is 0 Å². The number of nitrogens with zero attached hydrogens (tertiary/aromatic N) is 1. The van der Waals surface area contributed by atoms with Crippen LogP contribution in [0.2, 0.25) is 0 Å². The van der Waals surface area contributed by atoms with Crippen LogP contribution in [0.4, 0.5) is 0 Å². The number of unbranched alkanes of at least 4 members (excludes halogenated alkanes) is 2. The molecule has 3 N–H and O–H groups in total. The largest absolute Gasteiger partial charge is 0.504 e. The summed E-state index contributed by atoms with van der Waals surface area (Å²) in [5, 5.41) is 10.5. The summed E-state index contributed by atoms with van der Waals surface area (Å²) in [6.07, 6.45) is 3.31. The number of ether oxygens (including phenoxy) is 1. The van der Waals surface area contributed by atoms with E-state index in [9.17, 15) is 9.90 Å². The number of aromatic hydroxyl groups is 1. The molecule has 1 amide bonds. The summed E-state index contributed by atoms with van der Waals surface area (Å²) in [5.41, 5.74) is 9.50. The fourth-order valence-electron chi connectivity index (χ4n) is 3.52. The van der Waals surface area contributed by atoms with Crippen LogP contribution in [0.1, 0.15) is 36.8 Å². The van der Waals surface area contributed by atoms with Crippen molar-refractivity contribution in [2.24, 2.45) is 5.73 Å². The van der Waals surface area contributed by atoms with Gasteiger partial charge in [0, 0.05) is 18.5 Å². The van der Waals surface area contributed by atoms with Crippen molar-refractivity contribution < 1.29 is 14.6 Å². The standard InChI is InChI=1S/C22H28N2O3/c1-16-7-4-5-8-19(16)17-13-18-15-24(21(26)9-3-2-6-10-23)11-12-27-22(18)20(25)14-17/h4-5,7-8,13-14,25H,2-3,6,9-12,15,23H2,1H3. The molecule has 2 aromatic rings. The maximum Gasteiger partial charge on any atom is 0.222 e. The average Bonchev–Trinajstić information content (AvgIpc) is 2.88. The predicted octanol–water partition coefficient (Wildman–Crippen LogP) is 3.61. The van der Waals surface area contributed by atoms with Crippen LogP contribution in [0.3, 0.4) is 0 Å². The molecule has 0 atom stereocenters. The van der Waals surface area contributed by atoms with Crippen LogP contribution in [-0.2, 0) is 11.3 Å². The van der Waals surface area contributed by atoms with Gasteiger partial charge in [0.2, 0.25) is 5.91 Å². The zero-order valence-electron chi connectivity index (χ0n) is 15.9. The van der Waals surface area contributed by atoms with Crippen LogP contribution in [0.25, 0.3) is 11.1 Å². The van der Waals surface area contributed by atoms with Crippen LogP contribution < -0.4 is 10.5 Å². The van der Waals surface area contributed by atoms with E-state index in [0.717, 1.165) is 41.5 Å². The molecule has 0 bridgehead atoms. The van der Waals surface area contributed by atoms with Gasteiger partial charge in [0.25, 0.3) is 0 Å². The number of hydrogen-bond acceptors (Lipinski definition) is 4. The molecule has 0 spiro atoms. The highest BCUT2D eigenvalue weighted by Crippen LogP contribution is 2.38. The molecule has 5 nitrogen and oxygen atoms in total. The molecule has 0 fully saturated rings. The molecule has 144 valence electrons. The fraction of sp³-hybridized carbons (Fsp3) is 0.409. The zero-order chi connectivity index (χ0) is 19.2. The molecule has 0 aromatic heterocycles. The molecule has 27 heavy (non-hydrogen) atoms. The Kier molecular flexibility index (Phi) is 6.35. The van der Waals surface area contributed by atoms with Gasteiger partial charge in [0.15, 0.2) is 11.5 Å². The van der Waals surface area contributed by atoms with Crippen molar-refractivity contribution in [3.63, 3.8) is 0 Å². The van der Waals surface area contributed by atoms with E-state index < -0.39 is 0 Å². The Morgan fingerprint density at radius 1 is 1.22 bits per heavy atom. The minimum Gasteiger partial charge on any atom is -0.504 e. The number of aryl methyl sites for hydroxylation is 1. The first-order chi connectivity index (χ1) is 13.1. The van der Waals surface area contributed by atoms with Crippen LogP contribution in [0.5, 0.6) is 11.5 Å². The molecule has 1 aliphatic heterocycles. The van der Waals surface area contributed by atoms with E-state index >= 15 is 0 Å². The third-order valence-electron chi connectivity index (χ3n) is 5.02. The van der Waals surface area contributed by atoms with Crippen LogP contribution in [-0.4, -0.2) is 35.6 Å². The van der Waals surface area contributed by atoms with E-state index in [1.165, 1.54) is 0 Å². The zero-order valence-corrected chi connectivity index (χ0v) is 15.9. The molecule has 0 radical (unpaired) electrons. The van der Waals surface area contributed by atoms with Gasteiger partial charge in [-0.05, 0) is 55.1 Å². The summed E-state index contributed by atoms with van der Waals surface area (Å²) in [7, 11) is 0. The molecule has 0 saturated heterocycles. The Morgan fingerprint density at radius 3 is 2.81 bits per heavy atom. The molecule has 1 aliphatic rings. The molecule has 1 heterocycles. The minimum atomic E-state index is 0.128. The van der Waals surface area contributed by atoms with Gasteiger partial charge < -0.3 is 20.5 Å². The summed E-state index contributed by atoms with van der Waals surface area (Å²) in [5.74, 6) is 0.748. The summed E-state index contributed by atoms with van der Waals surface area (Å²) in [6.45, 7) is 4.09. The highest BCUT2D eigenvalue weighted by molar-refractivity contribution is 5.77. The molecule has 0 unspecified atom stereocenters. The number of fused-ring (bicyclic) bond motifs is 1. The minimum absolute atomic E-state index is 0.128. The first-order valence-electron chi connectivity index (χ1n) is 9.62. The molecular formula is C22H28N2O3. The summed E-state index contributed by atoms with van der Waals surface area (Å²) < 4.78 is 5.76. The van der Waals surface area contributed by atoms with Crippen LogP contribution >= 0.6 is 0 Å². The quantitative estimate of drug-likeness (QED) is 0.764. The molecule has 0 aliphatic carbocycles. The van der Waals surface area contributed by atoms with Crippen molar-refractivity contribution in [3.05, 3.63) is 47.5 Å². The maximum absolute atomic E-state index is 12.6. The lowest BCUT2D eigenvalue weighted by atomic mass is 9.97. The second-order valence-electron chi connectivity index (χ2n) is 7.06. The smallest absolute Gasteiger partial charge is 0.222 e. The van der Waals surface area contributed by atoms with Crippen molar-refractivity contribution in [2.45, 2.75) is 39.2 Å². The van der Waals surface area contributed by atoms with Crippen molar-refractivity contribution >= 4 is 5.91 Å². The number of carbonyl (C=O) groups is 1. The lowest BCUT2D eigenvalue weighted by Gasteiger charge is -2.20. The topological polar surface area (TPSA) is 75.8 Å². The Balaban J connectivity index is 1.82. The predicted molar refractivity (Wildman–Crippen MR) is 107 cm³/mol. The van der Waals surface area contributed by atoms with Gasteiger partial charge in [0.1, 0.15) is 6.61 Å². The highest BCUT2D eigenvalue weighted by atomic mass is 16.5. The van der Waals surface area contributed by atoms with Crippen molar-refractivity contribution in [1.82, 2.24) is 4.90 Å². The third kappa shape index (κ3) is 4.61. The summed E-state index contributed by atoms with van der Waals surface area (Å²) >= 11 is 0. The van der Waals surface area contributed by atoms with E-state index in [-0.39, 0.29) is 11.7 Å². The number of nitrogens with two attached hydrogens (primary N) is 1. The normalized spacial score (nSPS) is 13.6. The first kappa shape index (κ1) is 19.2. The summed E-state index contributed by atoms with van der Waals surface area (Å²) in [4.78, 5) is 14.4. The number of amides is 1. The Labute approximate surface area is 160 Å². The van der Waals surface area contributed by atoms with E-state index in [1.807, 2.05) is 42.2 Å². The van der Waals surface area contributed by atoms with Crippen molar-refractivity contribution in [3.8, 4) is 22.6 Å². The lowest BCUT2D eigenvalue weighted by molar-refractivity contribution is -0.132. The van der Waals surface area contributed by atoms with Gasteiger partial charge in [-0.1, -0.05) is 30.7 Å². The Morgan fingerprint density at radius 2 is 2.04 bits per heavy atom. The molecule has 2 aromatic carbocycles. The number of rotatable bonds is 6. The second-order valence-corrected chi connectivity index (χ2v) is 7.06. The Bertz CT molecular complexity index is 804. The van der Waals surface area contributed by atoms with Crippen LogP contribution in [0, 0.1) is 6.92 Å². The number of benzene rings is 2. The maximum atomic E-state index is 12.6. The van der Waals surface area contributed by atoms with E-state index in [0.29, 0.717) is 38.4 Å². The Hall–Kier alpha value is -2.53. The molecule has 0 saturated carbocycles. The molecular weight excluding hydrogens is 340 g/mol. The third-order valence-corrected chi connectivity index (χ3v) is 5.02. The number of phenols is 1. The van der Waals surface area contributed by atoms with Crippen LogP contribution in [0.15, 0.2) is 36.4 Å². The van der Waals surface area contributed by atoms with Crippen molar-refractivity contribution in [1.29, 1.82) is 0 Å². The van der Waals surface area contributed by atoms with Gasteiger partial charge in [-0.15, -0.1) is 0 Å². The second kappa shape index (κ2) is 8.91. The number of phenolic OH excluding ortho intramolecular Hbond substituents is 1. The first-order valence-corrected chi connectivity index (χ1v) is 9.62. The molecule has 5 heteroatoms. The monoisotopic (exact) mass is 368 g/mol. The van der Waals surface area contributed by atoms with E-state index in [1.54, 1.807) is 6.07 Å². The van der Waals surface area contributed by atoms with E-state index in [4.69, 9.17) is 10.5 Å². The number of hydrogen-bond donors (Lipinski definition) is 2. The average molecular weight is 368 g/mol. The van der Waals surface area contributed by atoms with Gasteiger partial charge in [0.05, 0.1) is 6.54 Å². The highest BCUT2D eigenvalue weighted by Gasteiger charge is 2.22. The van der Waals surface area contributed by atoms with Gasteiger partial charge in [-0.2, -0.15) is 0 Å². The molecule has 3 rings (SSSR count).